The van der Waals surface area contributed by atoms with Gasteiger partial charge < -0.3 is 4.55 Å². The highest BCUT2D eigenvalue weighted by Gasteiger charge is 2.02. The van der Waals surface area contributed by atoms with Gasteiger partial charge in [0.25, 0.3) is 0 Å². The lowest BCUT2D eigenvalue weighted by Gasteiger charge is -2.08. The Morgan fingerprint density at radius 2 is 1.65 bits per heavy atom. The Hall–Kier alpha value is -0.960. The van der Waals surface area contributed by atoms with Crippen LogP contribution in [0, 0.1) is 0 Å². The van der Waals surface area contributed by atoms with E-state index in [1.165, 1.54) is 24.3 Å². The molecule has 0 spiro atoms. The lowest BCUT2D eigenvalue weighted by molar-refractivity contribution is 0.463. The molecule has 0 aliphatic heterocycles. The van der Waals surface area contributed by atoms with Crippen molar-refractivity contribution in [1.29, 1.82) is 0 Å². The molecule has 0 aliphatic rings. The summed E-state index contributed by atoms with van der Waals surface area (Å²) in [7, 11) is -7.65. The molecule has 17 heavy (non-hydrogen) atoms. The molecule has 6 nitrogen and oxygen atoms in total. The number of sulfonamides is 1. The second-order valence-corrected chi connectivity index (χ2v) is 6.73. The molecule has 0 fully saturated rings. The quantitative estimate of drug-likeness (QED) is 0.744. The summed E-state index contributed by atoms with van der Waals surface area (Å²) < 4.78 is 55.8. The molecule has 0 bridgehead atoms. The summed E-state index contributed by atoms with van der Waals surface area (Å²) in [6, 6.07) is 5.37. The molecule has 1 N–H and O–H groups in total. The van der Waals surface area contributed by atoms with Gasteiger partial charge in [0.1, 0.15) is 10.1 Å². The minimum atomic E-state index is -4.42. The van der Waals surface area contributed by atoms with E-state index in [-0.39, 0.29) is 11.4 Å². The summed E-state index contributed by atoms with van der Waals surface area (Å²) in [5.74, 6) is 0. The summed E-state index contributed by atoms with van der Waals surface area (Å²) in [6.07, 6.45) is 1.48. The third kappa shape index (κ3) is 5.26. The highest BCUT2D eigenvalue weighted by atomic mass is 32.2. The molecule has 0 atom stereocenters. The van der Waals surface area contributed by atoms with Gasteiger partial charge in [0, 0.05) is 6.54 Å². The Labute approximate surface area is 100 Å². The van der Waals surface area contributed by atoms with E-state index in [9.17, 15) is 21.4 Å². The molecule has 0 saturated heterocycles. The van der Waals surface area contributed by atoms with Crippen LogP contribution in [0.15, 0.2) is 29.2 Å². The normalized spacial score (nSPS) is 12.6. The van der Waals surface area contributed by atoms with Crippen molar-refractivity contribution in [3.05, 3.63) is 29.8 Å². The largest absolute Gasteiger partial charge is 0.744 e. The molecule has 1 aromatic rings. The maximum Gasteiger partial charge on any atom is 0.208 e. The molecule has 0 heterocycles. The van der Waals surface area contributed by atoms with Gasteiger partial charge in [-0.15, -0.1) is 0 Å². The lowest BCUT2D eigenvalue weighted by atomic mass is 10.2. The second-order valence-electron chi connectivity index (χ2n) is 3.51. The van der Waals surface area contributed by atoms with E-state index >= 15 is 0 Å². The van der Waals surface area contributed by atoms with E-state index < -0.39 is 20.1 Å². The van der Waals surface area contributed by atoms with Gasteiger partial charge in [-0.25, -0.2) is 21.6 Å². The Balaban J connectivity index is 2.64. The van der Waals surface area contributed by atoms with Crippen molar-refractivity contribution in [2.75, 3.05) is 12.8 Å². The Kier molecular flexibility index (Phi) is 4.26. The molecule has 0 saturated carbocycles. The zero-order valence-corrected chi connectivity index (χ0v) is 10.7. The number of nitrogens with one attached hydrogen (secondary N) is 1. The average Bonchev–Trinajstić information content (AvgIpc) is 2.15. The van der Waals surface area contributed by atoms with Crippen LogP contribution in [0.4, 0.5) is 0 Å². The van der Waals surface area contributed by atoms with Crippen LogP contribution in [0.2, 0.25) is 0 Å². The first-order valence-corrected chi connectivity index (χ1v) is 7.98. The van der Waals surface area contributed by atoms with Crippen molar-refractivity contribution >= 4 is 20.1 Å². The molecule has 0 aliphatic carbocycles. The maximum atomic E-state index is 10.8. The standard InChI is InChI=1S/C9H13NO5S2/c1-16(11,12)10-7-6-8-2-4-9(5-3-8)17(13,14)15/h2-5,10H,6-7H2,1H3,(H,13,14,15)/p-1. The molecule has 96 valence electrons. The molecule has 8 heteroatoms. The molecular formula is C9H12NO5S2-. The lowest BCUT2D eigenvalue weighted by Crippen LogP contribution is -2.24. The van der Waals surface area contributed by atoms with Crippen LogP contribution in [-0.2, 0) is 26.6 Å². The average molecular weight is 278 g/mol. The predicted molar refractivity (Wildman–Crippen MR) is 61.0 cm³/mol. The van der Waals surface area contributed by atoms with Crippen LogP contribution in [0.3, 0.4) is 0 Å². The molecule has 1 aromatic carbocycles. The van der Waals surface area contributed by atoms with Crippen LogP contribution in [-0.4, -0.2) is 34.2 Å². The molecule has 0 aromatic heterocycles. The molecular weight excluding hydrogens is 266 g/mol. The fourth-order valence-corrected chi connectivity index (χ4v) is 2.15. The highest BCUT2D eigenvalue weighted by Crippen LogP contribution is 2.10. The van der Waals surface area contributed by atoms with Gasteiger partial charge in [-0.05, 0) is 24.1 Å². The fraction of sp³-hybridized carbons (Fsp3) is 0.333. The van der Waals surface area contributed by atoms with Crippen molar-refractivity contribution in [2.45, 2.75) is 11.3 Å². The number of hydrogen-bond acceptors (Lipinski definition) is 5. The van der Waals surface area contributed by atoms with Gasteiger partial charge in [-0.2, -0.15) is 0 Å². The molecule has 0 amide bonds. The van der Waals surface area contributed by atoms with E-state index in [0.29, 0.717) is 6.42 Å². The van der Waals surface area contributed by atoms with Gasteiger partial charge >= 0.3 is 0 Å². The van der Waals surface area contributed by atoms with Gasteiger partial charge in [0.15, 0.2) is 0 Å². The van der Waals surface area contributed by atoms with Gasteiger partial charge in [-0.3, -0.25) is 0 Å². The summed E-state index contributed by atoms with van der Waals surface area (Å²) in [6.45, 7) is 0.225. The van der Waals surface area contributed by atoms with E-state index in [4.69, 9.17) is 0 Å². The summed E-state index contributed by atoms with van der Waals surface area (Å²) in [5.41, 5.74) is 0.744. The monoisotopic (exact) mass is 278 g/mol. The number of hydrogen-bond donors (Lipinski definition) is 1. The van der Waals surface area contributed by atoms with Gasteiger partial charge in [-0.1, -0.05) is 12.1 Å². The Morgan fingerprint density at radius 3 is 2.06 bits per heavy atom. The van der Waals surface area contributed by atoms with Crippen LogP contribution in [0.1, 0.15) is 5.56 Å². The van der Waals surface area contributed by atoms with Crippen LogP contribution in [0.5, 0.6) is 0 Å². The molecule has 1 rings (SSSR count). The maximum absolute atomic E-state index is 10.8. The Morgan fingerprint density at radius 1 is 1.12 bits per heavy atom. The summed E-state index contributed by atoms with van der Waals surface area (Å²) in [5, 5.41) is 0. The first-order valence-electron chi connectivity index (χ1n) is 4.68. The molecule has 0 radical (unpaired) electrons. The summed E-state index contributed by atoms with van der Waals surface area (Å²) >= 11 is 0. The van der Waals surface area contributed by atoms with Crippen LogP contribution >= 0.6 is 0 Å². The topological polar surface area (TPSA) is 103 Å². The van der Waals surface area contributed by atoms with Crippen molar-refractivity contribution in [3.8, 4) is 0 Å². The zero-order chi connectivity index (χ0) is 13.1. The van der Waals surface area contributed by atoms with E-state index in [2.05, 4.69) is 4.72 Å². The number of rotatable bonds is 5. The Bertz CT molecular complexity index is 574. The first-order chi connectivity index (χ1) is 7.68. The highest BCUT2D eigenvalue weighted by molar-refractivity contribution is 7.88. The smallest absolute Gasteiger partial charge is 0.208 e. The van der Waals surface area contributed by atoms with Gasteiger partial charge in [0.2, 0.25) is 10.0 Å². The number of benzene rings is 1. The minimum Gasteiger partial charge on any atom is -0.744 e. The van der Waals surface area contributed by atoms with Crippen molar-refractivity contribution < 1.29 is 21.4 Å². The third-order valence-electron chi connectivity index (χ3n) is 1.99. The fourth-order valence-electron chi connectivity index (χ4n) is 1.20. The SMILES string of the molecule is CS(=O)(=O)NCCc1ccc(S(=O)(=O)[O-])cc1. The second kappa shape index (κ2) is 5.13. The van der Waals surface area contributed by atoms with Crippen molar-refractivity contribution in [3.63, 3.8) is 0 Å². The van der Waals surface area contributed by atoms with Crippen molar-refractivity contribution in [2.24, 2.45) is 0 Å². The van der Waals surface area contributed by atoms with E-state index in [1.54, 1.807) is 0 Å². The van der Waals surface area contributed by atoms with E-state index in [1.807, 2.05) is 0 Å². The van der Waals surface area contributed by atoms with E-state index in [0.717, 1.165) is 11.8 Å². The minimum absolute atomic E-state index is 0.225. The van der Waals surface area contributed by atoms with Crippen molar-refractivity contribution in [1.82, 2.24) is 4.72 Å². The first kappa shape index (κ1) is 14.1. The molecule has 0 unspecified atom stereocenters. The predicted octanol–water partition coefficient (Wildman–Crippen LogP) is -0.318. The van der Waals surface area contributed by atoms with Gasteiger partial charge in [0.05, 0.1) is 11.2 Å². The summed E-state index contributed by atoms with van der Waals surface area (Å²) in [4.78, 5) is -0.294. The third-order valence-corrected chi connectivity index (χ3v) is 3.57. The van der Waals surface area contributed by atoms with Crippen LogP contribution in [0.25, 0.3) is 0 Å². The van der Waals surface area contributed by atoms with Crippen LogP contribution < -0.4 is 4.72 Å². The zero-order valence-electron chi connectivity index (χ0n) is 9.08.